The fourth-order valence-corrected chi connectivity index (χ4v) is 6.41. The van der Waals surface area contributed by atoms with Crippen LogP contribution >= 0.6 is 22.9 Å². The Bertz CT molecular complexity index is 528. The first-order valence-electron chi connectivity index (χ1n) is 6.25. The van der Waals surface area contributed by atoms with Crippen LogP contribution in [0.25, 0.3) is 0 Å². The molecule has 1 aromatic rings. The molecular weight excluding hydrogens is 290 g/mol. The number of hydrogen-bond acceptors (Lipinski definition) is 3. The highest BCUT2D eigenvalue weighted by Crippen LogP contribution is 2.40. The summed E-state index contributed by atoms with van der Waals surface area (Å²) in [5.41, 5.74) is 0. The molecule has 2 atom stereocenters. The Morgan fingerprint density at radius 1 is 1.33 bits per heavy atom. The second-order valence-corrected chi connectivity index (χ2v) is 8.29. The quantitative estimate of drug-likeness (QED) is 0.805. The van der Waals surface area contributed by atoms with Crippen molar-refractivity contribution in [3.63, 3.8) is 0 Å². The van der Waals surface area contributed by atoms with Gasteiger partial charge in [0.1, 0.15) is 0 Å². The monoisotopic (exact) mass is 305 g/mol. The molecule has 1 aromatic heterocycles. The van der Waals surface area contributed by atoms with Crippen LogP contribution in [0.1, 0.15) is 24.1 Å². The zero-order valence-electron chi connectivity index (χ0n) is 10.0. The van der Waals surface area contributed by atoms with Gasteiger partial charge in [0.2, 0.25) is 10.0 Å². The molecule has 1 saturated carbocycles. The van der Waals surface area contributed by atoms with E-state index >= 15 is 0 Å². The third-order valence-corrected chi connectivity index (χ3v) is 7.53. The van der Waals surface area contributed by atoms with E-state index in [4.69, 9.17) is 11.6 Å². The van der Waals surface area contributed by atoms with Gasteiger partial charge in [0.25, 0.3) is 0 Å². The third kappa shape index (κ3) is 2.01. The zero-order valence-corrected chi connectivity index (χ0v) is 12.4. The molecule has 0 spiro atoms. The summed E-state index contributed by atoms with van der Waals surface area (Å²) in [6.45, 7) is 1.40. The number of rotatable bonds is 3. The number of sulfonamides is 1. The largest absolute Gasteiger partial charge is 0.244 e. The molecule has 3 rings (SSSR count). The van der Waals surface area contributed by atoms with E-state index in [-0.39, 0.29) is 5.88 Å². The maximum atomic E-state index is 12.6. The van der Waals surface area contributed by atoms with Crippen LogP contribution in [-0.4, -0.2) is 25.8 Å². The number of hydrogen-bond donors (Lipinski definition) is 0. The Morgan fingerprint density at radius 3 is 2.61 bits per heavy atom. The van der Waals surface area contributed by atoms with Crippen LogP contribution in [-0.2, 0) is 15.9 Å². The Kier molecular flexibility index (Phi) is 3.43. The van der Waals surface area contributed by atoms with E-state index in [2.05, 4.69) is 0 Å². The molecular formula is C12H16ClNO2S2. The lowest BCUT2D eigenvalue weighted by atomic mass is 10.0. The van der Waals surface area contributed by atoms with Gasteiger partial charge in [-0.15, -0.1) is 22.9 Å². The molecule has 1 aliphatic heterocycles. The zero-order chi connectivity index (χ0) is 12.8. The summed E-state index contributed by atoms with van der Waals surface area (Å²) in [6, 6.07) is 1.69. The number of alkyl halides is 1. The highest BCUT2D eigenvalue weighted by atomic mass is 35.5. The molecule has 100 valence electrons. The van der Waals surface area contributed by atoms with Crippen LogP contribution in [0.15, 0.2) is 16.3 Å². The minimum Gasteiger partial charge on any atom is -0.207 e. The maximum absolute atomic E-state index is 12.6. The lowest BCUT2D eigenvalue weighted by Crippen LogP contribution is -2.29. The predicted molar refractivity (Wildman–Crippen MR) is 73.5 cm³/mol. The molecule has 1 aliphatic carbocycles. The minimum absolute atomic E-state index is 0.271. The van der Waals surface area contributed by atoms with Crippen molar-refractivity contribution in [2.75, 3.05) is 13.1 Å². The van der Waals surface area contributed by atoms with E-state index in [1.165, 1.54) is 30.6 Å². The summed E-state index contributed by atoms with van der Waals surface area (Å²) in [5, 5.41) is 1.81. The molecule has 0 amide bonds. The molecule has 3 nitrogen and oxygen atoms in total. The van der Waals surface area contributed by atoms with Crippen molar-refractivity contribution in [3.05, 3.63) is 16.3 Å². The lowest BCUT2D eigenvalue weighted by Gasteiger charge is -2.17. The van der Waals surface area contributed by atoms with Gasteiger partial charge in [0, 0.05) is 18.0 Å². The smallest absolute Gasteiger partial charge is 0.207 e. The Balaban J connectivity index is 1.88. The van der Waals surface area contributed by atoms with E-state index in [1.807, 2.05) is 5.38 Å². The van der Waals surface area contributed by atoms with Crippen molar-refractivity contribution in [2.24, 2.45) is 11.8 Å². The second kappa shape index (κ2) is 4.78. The number of fused-ring (bicyclic) bond motifs is 1. The van der Waals surface area contributed by atoms with Gasteiger partial charge in [-0.1, -0.05) is 6.42 Å². The molecule has 6 heteroatoms. The van der Waals surface area contributed by atoms with E-state index < -0.39 is 10.0 Å². The summed E-state index contributed by atoms with van der Waals surface area (Å²) >= 11 is 7.23. The number of nitrogens with zero attached hydrogens (tertiary/aromatic N) is 1. The van der Waals surface area contributed by atoms with Crippen molar-refractivity contribution < 1.29 is 8.42 Å². The Morgan fingerprint density at radius 2 is 2.00 bits per heavy atom. The predicted octanol–water partition coefficient (Wildman–Crippen LogP) is 2.91. The van der Waals surface area contributed by atoms with Gasteiger partial charge in [-0.2, -0.15) is 4.31 Å². The molecule has 2 fully saturated rings. The lowest BCUT2D eigenvalue weighted by molar-refractivity contribution is 0.445. The average Bonchev–Trinajstić information content (AvgIpc) is 3.03. The van der Waals surface area contributed by atoms with E-state index in [9.17, 15) is 8.42 Å². The van der Waals surface area contributed by atoms with Gasteiger partial charge in [-0.05, 0) is 36.1 Å². The van der Waals surface area contributed by atoms with Gasteiger partial charge in [-0.3, -0.25) is 0 Å². The van der Waals surface area contributed by atoms with Crippen LogP contribution < -0.4 is 0 Å². The molecule has 2 heterocycles. The van der Waals surface area contributed by atoms with Gasteiger partial charge >= 0.3 is 0 Å². The maximum Gasteiger partial charge on any atom is 0.244 e. The molecule has 2 unspecified atom stereocenters. The molecule has 0 aromatic carbocycles. The highest BCUT2D eigenvalue weighted by molar-refractivity contribution is 7.89. The summed E-state index contributed by atoms with van der Waals surface area (Å²) in [5.74, 6) is 1.43. The first kappa shape index (κ1) is 12.9. The van der Waals surface area contributed by atoms with Crippen LogP contribution in [0.5, 0.6) is 0 Å². The van der Waals surface area contributed by atoms with Crippen LogP contribution in [0.4, 0.5) is 0 Å². The van der Waals surface area contributed by atoms with Crippen molar-refractivity contribution in [1.82, 2.24) is 4.31 Å². The normalized spacial score (nSPS) is 28.7. The first-order chi connectivity index (χ1) is 8.63. The average molecular weight is 306 g/mol. The Hall–Kier alpha value is -0.100. The molecule has 0 N–H and O–H groups in total. The number of thiophene rings is 1. The van der Waals surface area contributed by atoms with E-state index in [0.29, 0.717) is 29.8 Å². The van der Waals surface area contributed by atoms with Gasteiger partial charge in [-0.25, -0.2) is 8.42 Å². The number of halogens is 1. The fourth-order valence-electron chi connectivity index (χ4n) is 3.18. The summed E-state index contributed by atoms with van der Waals surface area (Å²) < 4.78 is 26.8. The van der Waals surface area contributed by atoms with Crippen molar-refractivity contribution in [3.8, 4) is 0 Å². The fraction of sp³-hybridized carbons (Fsp3) is 0.667. The summed E-state index contributed by atoms with van der Waals surface area (Å²) in [6.07, 6.45) is 3.62. The van der Waals surface area contributed by atoms with E-state index in [1.54, 1.807) is 10.4 Å². The minimum atomic E-state index is -3.32. The molecule has 2 aliphatic rings. The highest BCUT2D eigenvalue weighted by Gasteiger charge is 2.41. The summed E-state index contributed by atoms with van der Waals surface area (Å²) in [4.78, 5) is 1.18. The third-order valence-electron chi connectivity index (χ3n) is 4.14. The second-order valence-electron chi connectivity index (χ2n) is 5.11. The van der Waals surface area contributed by atoms with Crippen molar-refractivity contribution in [2.45, 2.75) is 30.0 Å². The van der Waals surface area contributed by atoms with Gasteiger partial charge < -0.3 is 0 Å². The molecule has 18 heavy (non-hydrogen) atoms. The SMILES string of the molecule is O=S(=O)(c1ccsc1CCl)N1CC2CCCC2C1. The van der Waals surface area contributed by atoms with Gasteiger partial charge in [0.05, 0.1) is 10.8 Å². The van der Waals surface area contributed by atoms with Crippen LogP contribution in [0.2, 0.25) is 0 Å². The van der Waals surface area contributed by atoms with Crippen molar-refractivity contribution >= 4 is 33.0 Å². The standard InChI is InChI=1S/C12H16ClNO2S2/c13-6-11-12(4-5-17-11)18(15,16)14-7-9-2-1-3-10(9)8-14/h4-5,9-10H,1-3,6-8H2. The topological polar surface area (TPSA) is 37.4 Å². The molecule has 1 saturated heterocycles. The van der Waals surface area contributed by atoms with Crippen molar-refractivity contribution in [1.29, 1.82) is 0 Å². The van der Waals surface area contributed by atoms with Gasteiger partial charge in [0.15, 0.2) is 0 Å². The van der Waals surface area contributed by atoms with Crippen LogP contribution in [0, 0.1) is 11.8 Å². The molecule has 0 bridgehead atoms. The summed E-state index contributed by atoms with van der Waals surface area (Å²) in [7, 11) is -3.32. The van der Waals surface area contributed by atoms with Crippen LogP contribution in [0.3, 0.4) is 0 Å². The molecule has 0 radical (unpaired) electrons. The van der Waals surface area contributed by atoms with E-state index in [0.717, 1.165) is 4.88 Å². The Labute approximate surface area is 117 Å². The first-order valence-corrected chi connectivity index (χ1v) is 9.11.